The number of benzene rings is 1. The molecule has 1 heterocycles. The molecule has 2 rings (SSSR count). The Morgan fingerprint density at radius 3 is 2.32 bits per heavy atom. The predicted octanol–water partition coefficient (Wildman–Crippen LogP) is 2.02. The lowest BCUT2D eigenvalue weighted by Crippen LogP contribution is -2.27. The van der Waals surface area contributed by atoms with Gasteiger partial charge in [0.25, 0.3) is 5.91 Å². The maximum atomic E-state index is 12.5. The van der Waals surface area contributed by atoms with Crippen LogP contribution in [-0.4, -0.2) is 27.8 Å². The molecular weight excluding hydrogens is 242 g/mol. The number of aromatic hydroxyl groups is 1. The quantitative estimate of drug-likeness (QED) is 0.897. The van der Waals surface area contributed by atoms with Crippen molar-refractivity contribution in [2.75, 3.05) is 11.9 Å². The van der Waals surface area contributed by atoms with E-state index in [4.69, 9.17) is 0 Å². The molecule has 0 aliphatic carbocycles. The van der Waals surface area contributed by atoms with Gasteiger partial charge in [0.2, 0.25) is 0 Å². The van der Waals surface area contributed by atoms with Crippen molar-refractivity contribution in [2.24, 2.45) is 7.05 Å². The third-order valence-electron chi connectivity index (χ3n) is 3.26. The number of phenols is 1. The van der Waals surface area contributed by atoms with Crippen molar-refractivity contribution < 1.29 is 9.90 Å². The fourth-order valence-corrected chi connectivity index (χ4v) is 2.04. The third-order valence-corrected chi connectivity index (χ3v) is 3.26. The van der Waals surface area contributed by atoms with Crippen molar-refractivity contribution in [3.63, 3.8) is 0 Å². The number of carbonyl (C=O) groups is 1. The van der Waals surface area contributed by atoms with E-state index in [-0.39, 0.29) is 11.7 Å². The molecule has 0 saturated carbocycles. The molecule has 0 aliphatic heterocycles. The second kappa shape index (κ2) is 4.76. The number of rotatable bonds is 2. The zero-order valence-electron chi connectivity index (χ0n) is 11.5. The second-order valence-electron chi connectivity index (χ2n) is 4.55. The van der Waals surface area contributed by atoms with Crippen LogP contribution < -0.4 is 4.90 Å². The SMILES string of the molecule is Cc1nn(C)c(C)c1C(=O)N(C)c1ccc(O)cc1. The summed E-state index contributed by atoms with van der Waals surface area (Å²) in [7, 11) is 3.53. The molecule has 0 saturated heterocycles. The second-order valence-corrected chi connectivity index (χ2v) is 4.55. The molecule has 0 bridgehead atoms. The first-order valence-corrected chi connectivity index (χ1v) is 5.99. The molecular formula is C14H17N3O2. The van der Waals surface area contributed by atoms with Crippen LogP contribution in [0.15, 0.2) is 24.3 Å². The molecule has 2 aromatic rings. The van der Waals surface area contributed by atoms with Crippen molar-refractivity contribution >= 4 is 11.6 Å². The molecule has 1 aromatic heterocycles. The van der Waals surface area contributed by atoms with E-state index in [1.807, 2.05) is 20.9 Å². The number of anilines is 1. The monoisotopic (exact) mass is 259 g/mol. The zero-order valence-corrected chi connectivity index (χ0v) is 11.5. The fourth-order valence-electron chi connectivity index (χ4n) is 2.04. The summed E-state index contributed by atoms with van der Waals surface area (Å²) >= 11 is 0. The smallest absolute Gasteiger partial charge is 0.261 e. The number of aromatic nitrogens is 2. The first-order valence-electron chi connectivity index (χ1n) is 5.99. The maximum Gasteiger partial charge on any atom is 0.261 e. The molecule has 5 heteroatoms. The van der Waals surface area contributed by atoms with E-state index in [2.05, 4.69) is 5.10 Å². The molecule has 0 unspecified atom stereocenters. The van der Waals surface area contributed by atoms with E-state index in [0.717, 1.165) is 17.1 Å². The Balaban J connectivity index is 2.36. The fraction of sp³-hybridized carbons (Fsp3) is 0.286. The number of nitrogens with zero attached hydrogens (tertiary/aromatic N) is 3. The van der Waals surface area contributed by atoms with Crippen molar-refractivity contribution in [1.29, 1.82) is 0 Å². The van der Waals surface area contributed by atoms with E-state index >= 15 is 0 Å². The van der Waals surface area contributed by atoms with Gasteiger partial charge in [-0.25, -0.2) is 0 Å². The van der Waals surface area contributed by atoms with Crippen LogP contribution in [0.1, 0.15) is 21.7 Å². The largest absolute Gasteiger partial charge is 0.508 e. The van der Waals surface area contributed by atoms with Crippen LogP contribution in [0.5, 0.6) is 5.75 Å². The molecule has 100 valence electrons. The standard InChI is InChI=1S/C14H17N3O2/c1-9-13(10(2)17(4)15-9)14(19)16(3)11-5-7-12(18)8-6-11/h5-8,18H,1-4H3. The van der Waals surface area contributed by atoms with Crippen LogP contribution in [0, 0.1) is 13.8 Å². The minimum atomic E-state index is -0.103. The van der Waals surface area contributed by atoms with Gasteiger partial charge in [0.15, 0.2) is 0 Å². The van der Waals surface area contributed by atoms with Gasteiger partial charge in [0.05, 0.1) is 11.3 Å². The first-order chi connectivity index (χ1) is 8.91. The lowest BCUT2D eigenvalue weighted by molar-refractivity contribution is 0.0991. The summed E-state index contributed by atoms with van der Waals surface area (Å²) in [6.07, 6.45) is 0. The van der Waals surface area contributed by atoms with Crippen LogP contribution >= 0.6 is 0 Å². The van der Waals surface area contributed by atoms with Crippen LogP contribution in [0.2, 0.25) is 0 Å². The molecule has 5 nitrogen and oxygen atoms in total. The lowest BCUT2D eigenvalue weighted by Gasteiger charge is -2.17. The Labute approximate surface area is 112 Å². The maximum absolute atomic E-state index is 12.5. The molecule has 19 heavy (non-hydrogen) atoms. The van der Waals surface area contributed by atoms with Gasteiger partial charge < -0.3 is 10.0 Å². The summed E-state index contributed by atoms with van der Waals surface area (Å²) in [5.74, 6) is 0.0760. The van der Waals surface area contributed by atoms with Gasteiger partial charge in [-0.2, -0.15) is 5.10 Å². The zero-order chi connectivity index (χ0) is 14.2. The highest BCUT2D eigenvalue weighted by atomic mass is 16.3. The molecule has 0 fully saturated rings. The molecule has 0 spiro atoms. The average Bonchev–Trinajstić information content (AvgIpc) is 2.62. The van der Waals surface area contributed by atoms with Gasteiger partial charge >= 0.3 is 0 Å². The third kappa shape index (κ3) is 2.31. The van der Waals surface area contributed by atoms with Gasteiger partial charge in [-0.1, -0.05) is 0 Å². The summed E-state index contributed by atoms with van der Waals surface area (Å²) in [6.45, 7) is 3.70. The highest BCUT2D eigenvalue weighted by Gasteiger charge is 2.21. The van der Waals surface area contributed by atoms with Crippen molar-refractivity contribution in [3.8, 4) is 5.75 Å². The summed E-state index contributed by atoms with van der Waals surface area (Å²) in [5.41, 5.74) is 2.91. The van der Waals surface area contributed by atoms with E-state index < -0.39 is 0 Å². The molecule has 1 aromatic carbocycles. The lowest BCUT2D eigenvalue weighted by atomic mass is 10.1. The number of aryl methyl sites for hydroxylation is 2. The van der Waals surface area contributed by atoms with Crippen LogP contribution in [0.4, 0.5) is 5.69 Å². The van der Waals surface area contributed by atoms with Crippen molar-refractivity contribution in [1.82, 2.24) is 9.78 Å². The normalized spacial score (nSPS) is 10.5. The van der Waals surface area contributed by atoms with E-state index in [1.54, 1.807) is 40.9 Å². The summed E-state index contributed by atoms with van der Waals surface area (Å²) in [5, 5.41) is 13.5. The van der Waals surface area contributed by atoms with Gasteiger partial charge in [-0.3, -0.25) is 9.48 Å². The number of phenolic OH excluding ortho intramolecular Hbond substituents is 1. The highest BCUT2D eigenvalue weighted by Crippen LogP contribution is 2.21. The Morgan fingerprint density at radius 2 is 1.84 bits per heavy atom. The van der Waals surface area contributed by atoms with Gasteiger partial charge in [-0.15, -0.1) is 0 Å². The minimum Gasteiger partial charge on any atom is -0.508 e. The predicted molar refractivity (Wildman–Crippen MR) is 73.5 cm³/mol. The summed E-state index contributed by atoms with van der Waals surface area (Å²) < 4.78 is 1.70. The van der Waals surface area contributed by atoms with E-state index in [1.165, 1.54) is 0 Å². The van der Waals surface area contributed by atoms with Crippen LogP contribution in [0.25, 0.3) is 0 Å². The van der Waals surface area contributed by atoms with Crippen molar-refractivity contribution in [3.05, 3.63) is 41.2 Å². The Morgan fingerprint density at radius 1 is 1.26 bits per heavy atom. The molecule has 0 aliphatic rings. The highest BCUT2D eigenvalue weighted by molar-refractivity contribution is 6.07. The van der Waals surface area contributed by atoms with E-state index in [9.17, 15) is 9.90 Å². The number of hydrogen-bond donors (Lipinski definition) is 1. The topological polar surface area (TPSA) is 58.4 Å². The van der Waals surface area contributed by atoms with Gasteiger partial charge in [0.1, 0.15) is 5.75 Å². The molecule has 0 atom stereocenters. The van der Waals surface area contributed by atoms with Gasteiger partial charge in [0, 0.05) is 25.5 Å². The Bertz CT molecular complexity index is 614. The summed E-state index contributed by atoms with van der Waals surface area (Å²) in [6, 6.07) is 6.52. The van der Waals surface area contributed by atoms with Gasteiger partial charge in [-0.05, 0) is 38.1 Å². The minimum absolute atomic E-state index is 0.103. The van der Waals surface area contributed by atoms with Crippen LogP contribution in [0.3, 0.4) is 0 Å². The Kier molecular flexibility index (Phi) is 3.29. The first kappa shape index (κ1) is 13.1. The number of carbonyl (C=O) groups excluding carboxylic acids is 1. The molecule has 0 radical (unpaired) electrons. The van der Waals surface area contributed by atoms with Crippen LogP contribution in [-0.2, 0) is 7.05 Å². The number of amides is 1. The molecule has 1 N–H and O–H groups in total. The van der Waals surface area contributed by atoms with Crippen molar-refractivity contribution in [2.45, 2.75) is 13.8 Å². The number of hydrogen-bond acceptors (Lipinski definition) is 3. The molecule has 1 amide bonds. The summed E-state index contributed by atoms with van der Waals surface area (Å²) in [4.78, 5) is 14.0. The Hall–Kier alpha value is -2.30. The van der Waals surface area contributed by atoms with E-state index in [0.29, 0.717) is 5.56 Å². The average molecular weight is 259 g/mol.